The highest BCUT2D eigenvalue weighted by Crippen LogP contribution is 2.27. The zero-order valence-corrected chi connectivity index (χ0v) is 10.5. The maximum absolute atomic E-state index is 12.3. The molecular weight excluding hydrogens is 224 g/mol. The minimum absolute atomic E-state index is 0.0605. The van der Waals surface area contributed by atoms with Crippen LogP contribution in [0.1, 0.15) is 41.8 Å². The molecule has 0 N–H and O–H groups in total. The van der Waals surface area contributed by atoms with Gasteiger partial charge in [0.25, 0.3) is 0 Å². The first-order chi connectivity index (χ1) is 8.75. The highest BCUT2D eigenvalue weighted by Gasteiger charge is 2.18. The molecule has 0 amide bonds. The Morgan fingerprint density at radius 2 is 2.17 bits per heavy atom. The molecule has 2 aromatic rings. The Hall–Kier alpha value is -1.83. The van der Waals surface area contributed by atoms with Gasteiger partial charge in [0.1, 0.15) is 5.58 Å². The van der Waals surface area contributed by atoms with Gasteiger partial charge < -0.3 is 4.42 Å². The molecule has 1 aromatic heterocycles. The van der Waals surface area contributed by atoms with Gasteiger partial charge in [0.2, 0.25) is 5.78 Å². The number of Topliss-reactive ketones (excluding diaryl/α,β-unsaturated/α-hetero) is 1. The van der Waals surface area contributed by atoms with Crippen molar-refractivity contribution in [3.63, 3.8) is 0 Å². The standard InChI is InChI=1S/C16H16O2/c1-11-6-5-9-13-10-14(18-16(11)13)15(17)12-7-3-2-4-8-12/h5-7,9-10H,2-4,8H2,1H3. The fraction of sp³-hybridized carbons (Fsp3) is 0.312. The third-order valence-electron chi connectivity index (χ3n) is 3.55. The Morgan fingerprint density at radius 1 is 1.28 bits per heavy atom. The quantitative estimate of drug-likeness (QED) is 0.727. The molecule has 1 heterocycles. The van der Waals surface area contributed by atoms with Crippen molar-refractivity contribution in [1.82, 2.24) is 0 Å². The van der Waals surface area contributed by atoms with E-state index >= 15 is 0 Å². The zero-order valence-electron chi connectivity index (χ0n) is 10.5. The Labute approximate surface area is 106 Å². The van der Waals surface area contributed by atoms with Crippen molar-refractivity contribution in [2.24, 2.45) is 0 Å². The van der Waals surface area contributed by atoms with Gasteiger partial charge in [-0.2, -0.15) is 0 Å². The number of hydrogen-bond acceptors (Lipinski definition) is 2. The fourth-order valence-corrected chi connectivity index (χ4v) is 2.52. The van der Waals surface area contributed by atoms with Crippen LogP contribution in [-0.2, 0) is 0 Å². The summed E-state index contributed by atoms with van der Waals surface area (Å²) in [5, 5.41) is 1.01. The number of rotatable bonds is 2. The van der Waals surface area contributed by atoms with Crippen LogP contribution in [0.5, 0.6) is 0 Å². The second kappa shape index (κ2) is 4.45. The van der Waals surface area contributed by atoms with E-state index in [0.717, 1.165) is 41.4 Å². The monoisotopic (exact) mass is 240 g/mol. The van der Waals surface area contributed by atoms with Gasteiger partial charge in [0.15, 0.2) is 5.76 Å². The van der Waals surface area contributed by atoms with Crippen LogP contribution in [0.15, 0.2) is 40.3 Å². The smallest absolute Gasteiger partial charge is 0.223 e. The molecule has 2 heteroatoms. The first kappa shape index (κ1) is 11.3. The lowest BCUT2D eigenvalue weighted by Gasteiger charge is -2.09. The number of benzene rings is 1. The van der Waals surface area contributed by atoms with E-state index in [0.29, 0.717) is 5.76 Å². The van der Waals surface area contributed by atoms with E-state index in [1.165, 1.54) is 6.42 Å². The lowest BCUT2D eigenvalue weighted by atomic mass is 9.95. The van der Waals surface area contributed by atoms with Gasteiger partial charge >= 0.3 is 0 Å². The number of furan rings is 1. The zero-order chi connectivity index (χ0) is 12.5. The Kier molecular flexibility index (Phi) is 2.78. The van der Waals surface area contributed by atoms with Crippen LogP contribution < -0.4 is 0 Å². The molecule has 1 aliphatic rings. The summed E-state index contributed by atoms with van der Waals surface area (Å²) >= 11 is 0. The van der Waals surface area contributed by atoms with Crippen LogP contribution >= 0.6 is 0 Å². The van der Waals surface area contributed by atoms with E-state index in [4.69, 9.17) is 4.42 Å². The van der Waals surface area contributed by atoms with Crippen molar-refractivity contribution in [2.75, 3.05) is 0 Å². The lowest BCUT2D eigenvalue weighted by Crippen LogP contribution is -2.05. The van der Waals surface area contributed by atoms with Crippen molar-refractivity contribution in [1.29, 1.82) is 0 Å². The maximum Gasteiger partial charge on any atom is 0.223 e. The summed E-state index contributed by atoms with van der Waals surface area (Å²) in [5.74, 6) is 0.540. The summed E-state index contributed by atoms with van der Waals surface area (Å²) in [6.07, 6.45) is 6.26. The van der Waals surface area contributed by atoms with E-state index in [1.807, 2.05) is 31.2 Å². The fourth-order valence-electron chi connectivity index (χ4n) is 2.52. The van der Waals surface area contributed by atoms with E-state index in [1.54, 1.807) is 0 Å². The number of carbonyl (C=O) groups is 1. The van der Waals surface area contributed by atoms with E-state index in [9.17, 15) is 4.79 Å². The molecule has 18 heavy (non-hydrogen) atoms. The molecule has 0 unspecified atom stereocenters. The van der Waals surface area contributed by atoms with Gasteiger partial charge in [0, 0.05) is 5.39 Å². The second-order valence-corrected chi connectivity index (χ2v) is 4.91. The summed E-state index contributed by atoms with van der Waals surface area (Å²) in [4.78, 5) is 12.3. The number of carbonyl (C=O) groups excluding carboxylic acids is 1. The lowest BCUT2D eigenvalue weighted by molar-refractivity contribution is 0.100. The van der Waals surface area contributed by atoms with E-state index < -0.39 is 0 Å². The Morgan fingerprint density at radius 3 is 2.89 bits per heavy atom. The molecular formula is C16H16O2. The van der Waals surface area contributed by atoms with Crippen LogP contribution in [0.2, 0.25) is 0 Å². The molecule has 0 atom stereocenters. The Bertz CT molecular complexity index is 632. The molecule has 92 valence electrons. The van der Waals surface area contributed by atoms with Gasteiger partial charge in [0.05, 0.1) is 0 Å². The SMILES string of the molecule is Cc1cccc2cc(C(=O)C3=CCCCC3)oc12. The summed E-state index contributed by atoms with van der Waals surface area (Å²) in [6, 6.07) is 7.83. The van der Waals surface area contributed by atoms with Crippen molar-refractivity contribution in [3.8, 4) is 0 Å². The molecule has 0 saturated carbocycles. The molecule has 3 rings (SSSR count). The normalized spacial score (nSPS) is 15.7. The van der Waals surface area contributed by atoms with Gasteiger partial charge in [-0.25, -0.2) is 0 Å². The van der Waals surface area contributed by atoms with Gasteiger partial charge in [-0.1, -0.05) is 24.3 Å². The molecule has 0 fully saturated rings. The summed E-state index contributed by atoms with van der Waals surface area (Å²) in [7, 11) is 0. The van der Waals surface area contributed by atoms with Crippen molar-refractivity contribution in [3.05, 3.63) is 47.2 Å². The third kappa shape index (κ3) is 1.88. The van der Waals surface area contributed by atoms with Gasteiger partial charge in [-0.3, -0.25) is 4.79 Å². The summed E-state index contributed by atoms with van der Waals surface area (Å²) < 4.78 is 5.72. The predicted molar refractivity (Wildman–Crippen MR) is 71.8 cm³/mol. The molecule has 0 aliphatic heterocycles. The third-order valence-corrected chi connectivity index (χ3v) is 3.55. The molecule has 1 aliphatic carbocycles. The topological polar surface area (TPSA) is 30.2 Å². The van der Waals surface area contributed by atoms with E-state index in [2.05, 4.69) is 6.08 Å². The van der Waals surface area contributed by atoms with Crippen molar-refractivity contribution >= 4 is 16.8 Å². The molecule has 0 spiro atoms. The summed E-state index contributed by atoms with van der Waals surface area (Å²) in [6.45, 7) is 2.00. The van der Waals surface area contributed by atoms with Crippen LogP contribution in [0, 0.1) is 6.92 Å². The maximum atomic E-state index is 12.3. The number of fused-ring (bicyclic) bond motifs is 1. The number of para-hydroxylation sites is 1. The minimum Gasteiger partial charge on any atom is -0.452 e. The number of aryl methyl sites for hydroxylation is 1. The van der Waals surface area contributed by atoms with Crippen LogP contribution in [-0.4, -0.2) is 5.78 Å². The van der Waals surface area contributed by atoms with Crippen molar-refractivity contribution in [2.45, 2.75) is 32.6 Å². The highest BCUT2D eigenvalue weighted by atomic mass is 16.3. The Balaban J connectivity index is 2.01. The second-order valence-electron chi connectivity index (χ2n) is 4.91. The number of hydrogen-bond donors (Lipinski definition) is 0. The highest BCUT2D eigenvalue weighted by molar-refractivity contribution is 6.08. The first-order valence-corrected chi connectivity index (χ1v) is 6.48. The molecule has 2 nitrogen and oxygen atoms in total. The first-order valence-electron chi connectivity index (χ1n) is 6.48. The molecule has 0 radical (unpaired) electrons. The number of ketones is 1. The average Bonchev–Trinajstić information content (AvgIpc) is 2.84. The van der Waals surface area contributed by atoms with E-state index in [-0.39, 0.29) is 5.78 Å². The van der Waals surface area contributed by atoms with Gasteiger partial charge in [-0.15, -0.1) is 0 Å². The molecule has 1 aromatic carbocycles. The largest absolute Gasteiger partial charge is 0.452 e. The number of allylic oxidation sites excluding steroid dienone is 2. The molecule has 0 saturated heterocycles. The minimum atomic E-state index is 0.0605. The summed E-state index contributed by atoms with van der Waals surface area (Å²) in [5.41, 5.74) is 2.82. The van der Waals surface area contributed by atoms with Gasteiger partial charge in [-0.05, 0) is 49.8 Å². The van der Waals surface area contributed by atoms with Crippen LogP contribution in [0.4, 0.5) is 0 Å². The average molecular weight is 240 g/mol. The van der Waals surface area contributed by atoms with Crippen LogP contribution in [0.25, 0.3) is 11.0 Å². The van der Waals surface area contributed by atoms with Crippen LogP contribution in [0.3, 0.4) is 0 Å². The molecule has 0 bridgehead atoms. The predicted octanol–water partition coefficient (Wildman–Crippen LogP) is 4.42. The van der Waals surface area contributed by atoms with Crippen molar-refractivity contribution < 1.29 is 9.21 Å².